The summed E-state index contributed by atoms with van der Waals surface area (Å²) in [5.41, 5.74) is 3.30. The summed E-state index contributed by atoms with van der Waals surface area (Å²) in [4.78, 5) is 26.1. The minimum absolute atomic E-state index is 0.0441. The van der Waals surface area contributed by atoms with Crippen LogP contribution in [0, 0.1) is 5.82 Å². The number of halogens is 3. The lowest BCUT2D eigenvalue weighted by Crippen LogP contribution is -2.34. The number of nitrogens with zero attached hydrogens (tertiary/aromatic N) is 1. The van der Waals surface area contributed by atoms with Gasteiger partial charge in [0.15, 0.2) is 0 Å². The Balaban J connectivity index is 1.52. The molecule has 4 rings (SSSR count). The van der Waals surface area contributed by atoms with Crippen molar-refractivity contribution in [2.24, 2.45) is 0 Å². The lowest BCUT2D eigenvalue weighted by atomic mass is 10.1. The first-order valence-corrected chi connectivity index (χ1v) is 11.6. The van der Waals surface area contributed by atoms with Gasteiger partial charge in [0, 0.05) is 22.7 Å². The van der Waals surface area contributed by atoms with Crippen LogP contribution in [0.1, 0.15) is 26.4 Å². The van der Waals surface area contributed by atoms with Crippen LogP contribution in [-0.2, 0) is 13.0 Å². The Hall–Kier alpha value is -3.33. The molecule has 34 heavy (non-hydrogen) atoms. The van der Waals surface area contributed by atoms with Crippen molar-refractivity contribution in [1.29, 1.82) is 0 Å². The fourth-order valence-corrected chi connectivity index (χ4v) is 4.36. The summed E-state index contributed by atoms with van der Waals surface area (Å²) in [6, 6.07) is 13.6. The van der Waals surface area contributed by atoms with E-state index >= 15 is 0 Å². The standard InChI is InChI=1S/C24H17Cl2FN2O4S/c25-16-4-3-15(19(26)12-16)11-18-20(30)7-9-29(24(18)32)28-23(31)22-21(8-10-34-22)33-13-14-1-5-17(27)6-2-14/h1-10,12,30H,11,13H2,(H,28,31). The molecule has 0 atom stereocenters. The highest BCUT2D eigenvalue weighted by atomic mass is 35.5. The van der Waals surface area contributed by atoms with Crippen molar-refractivity contribution in [3.63, 3.8) is 0 Å². The van der Waals surface area contributed by atoms with Crippen LogP contribution >= 0.6 is 34.5 Å². The van der Waals surface area contributed by atoms with Gasteiger partial charge in [-0.1, -0.05) is 41.4 Å². The second-order valence-corrected chi connectivity index (χ2v) is 9.00. The smallest absolute Gasteiger partial charge is 0.284 e. The first-order chi connectivity index (χ1) is 16.3. The third kappa shape index (κ3) is 5.41. The number of amides is 1. The topological polar surface area (TPSA) is 80.6 Å². The second kappa shape index (κ2) is 10.3. The van der Waals surface area contributed by atoms with Gasteiger partial charge in [0.05, 0.1) is 5.56 Å². The quantitative estimate of drug-likeness (QED) is 0.333. The van der Waals surface area contributed by atoms with Crippen LogP contribution in [0.3, 0.4) is 0 Å². The Morgan fingerprint density at radius 1 is 1.12 bits per heavy atom. The zero-order chi connectivity index (χ0) is 24.2. The van der Waals surface area contributed by atoms with Gasteiger partial charge in [-0.05, 0) is 52.9 Å². The Morgan fingerprint density at radius 2 is 1.88 bits per heavy atom. The molecule has 0 spiro atoms. The van der Waals surface area contributed by atoms with Crippen molar-refractivity contribution < 1.29 is 19.0 Å². The van der Waals surface area contributed by atoms with Crippen LogP contribution in [0.25, 0.3) is 0 Å². The number of pyridine rings is 1. The molecule has 0 saturated carbocycles. The Labute approximate surface area is 207 Å². The molecule has 0 aliphatic heterocycles. The van der Waals surface area contributed by atoms with E-state index in [9.17, 15) is 19.1 Å². The summed E-state index contributed by atoms with van der Waals surface area (Å²) in [6.45, 7) is 0.141. The number of hydrogen-bond acceptors (Lipinski definition) is 5. The molecule has 0 aliphatic carbocycles. The SMILES string of the molecule is O=C(Nn1ccc(O)c(Cc2ccc(Cl)cc2Cl)c1=O)c1sccc1OCc1ccc(F)cc1. The van der Waals surface area contributed by atoms with E-state index in [4.69, 9.17) is 27.9 Å². The summed E-state index contributed by atoms with van der Waals surface area (Å²) in [7, 11) is 0. The van der Waals surface area contributed by atoms with Crippen molar-refractivity contribution in [3.05, 3.63) is 114 Å². The van der Waals surface area contributed by atoms with E-state index in [2.05, 4.69) is 5.43 Å². The molecular weight excluding hydrogens is 502 g/mol. The summed E-state index contributed by atoms with van der Waals surface area (Å²) < 4.78 is 19.8. The number of thiophene rings is 1. The van der Waals surface area contributed by atoms with Gasteiger partial charge in [0.2, 0.25) is 0 Å². The second-order valence-electron chi connectivity index (χ2n) is 7.24. The zero-order valence-electron chi connectivity index (χ0n) is 17.4. The van der Waals surface area contributed by atoms with Gasteiger partial charge < -0.3 is 9.84 Å². The van der Waals surface area contributed by atoms with Gasteiger partial charge in [0.1, 0.15) is 28.8 Å². The molecule has 0 unspecified atom stereocenters. The number of ether oxygens (including phenoxy) is 1. The van der Waals surface area contributed by atoms with Gasteiger partial charge in [0.25, 0.3) is 11.5 Å². The fourth-order valence-electron chi connectivity index (χ4n) is 3.16. The molecule has 2 aromatic heterocycles. The van der Waals surface area contributed by atoms with E-state index < -0.39 is 11.5 Å². The molecule has 2 heterocycles. The first kappa shape index (κ1) is 23.8. The normalized spacial score (nSPS) is 10.8. The van der Waals surface area contributed by atoms with E-state index in [-0.39, 0.29) is 35.0 Å². The third-order valence-electron chi connectivity index (χ3n) is 4.91. The fraction of sp³-hybridized carbons (Fsp3) is 0.0833. The summed E-state index contributed by atoms with van der Waals surface area (Å²) in [5.74, 6) is -0.809. The van der Waals surface area contributed by atoms with Crippen molar-refractivity contribution in [3.8, 4) is 11.5 Å². The minimum atomic E-state index is -0.607. The van der Waals surface area contributed by atoms with Crippen LogP contribution in [0.4, 0.5) is 4.39 Å². The molecular formula is C24H17Cl2FN2O4S. The van der Waals surface area contributed by atoms with Gasteiger partial charge in [-0.15, -0.1) is 11.3 Å². The Bertz CT molecular complexity index is 1400. The van der Waals surface area contributed by atoms with Gasteiger partial charge in [-0.2, -0.15) is 0 Å². The number of rotatable bonds is 7. The average molecular weight is 519 g/mol. The largest absolute Gasteiger partial charge is 0.507 e. The molecule has 0 radical (unpaired) electrons. The van der Waals surface area contributed by atoms with E-state index in [0.717, 1.165) is 21.6 Å². The maximum absolute atomic E-state index is 13.1. The van der Waals surface area contributed by atoms with Crippen LogP contribution < -0.4 is 15.7 Å². The number of aromatic nitrogens is 1. The van der Waals surface area contributed by atoms with Gasteiger partial charge in [-0.3, -0.25) is 15.0 Å². The highest BCUT2D eigenvalue weighted by Crippen LogP contribution is 2.27. The van der Waals surface area contributed by atoms with E-state index in [1.54, 1.807) is 41.8 Å². The number of hydrogen-bond donors (Lipinski definition) is 2. The summed E-state index contributed by atoms with van der Waals surface area (Å²) >= 11 is 13.3. The highest BCUT2D eigenvalue weighted by molar-refractivity contribution is 7.12. The molecule has 2 aromatic carbocycles. The van der Waals surface area contributed by atoms with Crippen LogP contribution in [0.15, 0.2) is 71.0 Å². The van der Waals surface area contributed by atoms with E-state index in [1.165, 1.54) is 24.4 Å². The van der Waals surface area contributed by atoms with E-state index in [0.29, 0.717) is 21.4 Å². The average Bonchev–Trinajstić information content (AvgIpc) is 3.28. The highest BCUT2D eigenvalue weighted by Gasteiger charge is 2.18. The number of carbonyl (C=O) groups excluding carboxylic acids is 1. The monoisotopic (exact) mass is 518 g/mol. The Kier molecular flexibility index (Phi) is 7.21. The molecule has 174 valence electrons. The minimum Gasteiger partial charge on any atom is -0.507 e. The van der Waals surface area contributed by atoms with Gasteiger partial charge in [-0.25, -0.2) is 9.07 Å². The summed E-state index contributed by atoms with van der Waals surface area (Å²) in [5, 5.41) is 12.7. The molecule has 0 saturated heterocycles. The van der Waals surface area contributed by atoms with Crippen LogP contribution in [0.5, 0.6) is 11.5 Å². The van der Waals surface area contributed by atoms with Crippen molar-refractivity contribution in [2.75, 3.05) is 5.43 Å². The van der Waals surface area contributed by atoms with Crippen molar-refractivity contribution in [2.45, 2.75) is 13.0 Å². The summed E-state index contributed by atoms with van der Waals surface area (Å²) in [6.07, 6.45) is 1.30. The molecule has 0 bridgehead atoms. The zero-order valence-corrected chi connectivity index (χ0v) is 19.8. The maximum Gasteiger partial charge on any atom is 0.284 e. The predicted octanol–water partition coefficient (Wildman–Crippen LogP) is 5.62. The molecule has 2 N–H and O–H groups in total. The number of aromatic hydroxyl groups is 1. The van der Waals surface area contributed by atoms with Crippen molar-refractivity contribution in [1.82, 2.24) is 4.68 Å². The number of carbonyl (C=O) groups is 1. The van der Waals surface area contributed by atoms with Crippen molar-refractivity contribution >= 4 is 40.4 Å². The van der Waals surface area contributed by atoms with Crippen LogP contribution in [0.2, 0.25) is 10.0 Å². The van der Waals surface area contributed by atoms with E-state index in [1.807, 2.05) is 0 Å². The molecule has 1 amide bonds. The lowest BCUT2D eigenvalue weighted by molar-refractivity contribution is 0.101. The number of benzene rings is 2. The van der Waals surface area contributed by atoms with Crippen LogP contribution in [-0.4, -0.2) is 15.7 Å². The molecule has 0 fully saturated rings. The molecule has 6 nitrogen and oxygen atoms in total. The lowest BCUT2D eigenvalue weighted by Gasteiger charge is -2.12. The first-order valence-electron chi connectivity index (χ1n) is 9.95. The third-order valence-corrected chi connectivity index (χ3v) is 6.40. The molecule has 10 heteroatoms. The molecule has 0 aliphatic rings. The Morgan fingerprint density at radius 3 is 2.62 bits per heavy atom. The number of nitrogens with one attached hydrogen (secondary N) is 1. The maximum atomic E-state index is 13.1. The molecule has 4 aromatic rings. The van der Waals surface area contributed by atoms with Gasteiger partial charge >= 0.3 is 0 Å². The predicted molar refractivity (Wildman–Crippen MR) is 130 cm³/mol.